The van der Waals surface area contributed by atoms with Crippen LogP contribution in [0.15, 0.2) is 36.0 Å². The SMILES string of the molecule is CCNc1ncc(S(=O)(=O)Nc2cncnc2)cn1. The maximum Gasteiger partial charge on any atom is 0.265 e. The molecule has 0 saturated heterocycles. The van der Waals surface area contributed by atoms with Crippen LogP contribution in [0, 0.1) is 0 Å². The summed E-state index contributed by atoms with van der Waals surface area (Å²) in [5, 5.41) is 2.88. The van der Waals surface area contributed by atoms with E-state index in [0.717, 1.165) is 0 Å². The van der Waals surface area contributed by atoms with Crippen LogP contribution in [0.2, 0.25) is 0 Å². The van der Waals surface area contributed by atoms with Gasteiger partial charge >= 0.3 is 0 Å². The summed E-state index contributed by atoms with van der Waals surface area (Å²) in [6.07, 6.45) is 6.50. The molecule has 2 N–H and O–H groups in total. The first kappa shape index (κ1) is 13.1. The Hall–Kier alpha value is -2.29. The van der Waals surface area contributed by atoms with Crippen LogP contribution in [0.3, 0.4) is 0 Å². The molecule has 0 aromatic carbocycles. The van der Waals surface area contributed by atoms with E-state index >= 15 is 0 Å². The summed E-state index contributed by atoms with van der Waals surface area (Å²) in [5.41, 5.74) is 0.276. The molecule has 0 spiro atoms. The Bertz CT molecular complexity index is 629. The molecule has 2 rings (SSSR count). The molecule has 0 unspecified atom stereocenters. The maximum atomic E-state index is 12.0. The van der Waals surface area contributed by atoms with Crippen LogP contribution in [0.5, 0.6) is 0 Å². The lowest BCUT2D eigenvalue weighted by atomic mass is 10.6. The van der Waals surface area contributed by atoms with Gasteiger partial charge in [0, 0.05) is 6.54 Å². The second kappa shape index (κ2) is 5.57. The molecule has 0 fully saturated rings. The average molecular weight is 280 g/mol. The van der Waals surface area contributed by atoms with E-state index in [1.165, 1.54) is 31.1 Å². The molecular formula is C10H12N6O2S. The Balaban J connectivity index is 2.20. The van der Waals surface area contributed by atoms with Crippen LogP contribution >= 0.6 is 0 Å². The van der Waals surface area contributed by atoms with Gasteiger partial charge in [0.1, 0.15) is 11.2 Å². The molecule has 0 aliphatic rings. The van der Waals surface area contributed by atoms with Gasteiger partial charge in [-0.1, -0.05) is 0 Å². The molecular weight excluding hydrogens is 268 g/mol. The fourth-order valence-electron chi connectivity index (χ4n) is 1.27. The van der Waals surface area contributed by atoms with Crippen LogP contribution in [0.4, 0.5) is 11.6 Å². The number of anilines is 2. The molecule has 9 heteroatoms. The number of rotatable bonds is 5. The van der Waals surface area contributed by atoms with Crippen molar-refractivity contribution in [1.29, 1.82) is 0 Å². The quantitative estimate of drug-likeness (QED) is 0.820. The first-order valence-electron chi connectivity index (χ1n) is 5.45. The third kappa shape index (κ3) is 3.35. The van der Waals surface area contributed by atoms with Crippen molar-refractivity contribution in [2.45, 2.75) is 11.8 Å². The van der Waals surface area contributed by atoms with Crippen molar-refractivity contribution in [2.75, 3.05) is 16.6 Å². The van der Waals surface area contributed by atoms with Crippen molar-refractivity contribution in [2.24, 2.45) is 0 Å². The third-order valence-corrected chi connectivity index (χ3v) is 3.42. The summed E-state index contributed by atoms with van der Waals surface area (Å²) < 4.78 is 26.3. The smallest absolute Gasteiger partial charge is 0.265 e. The number of hydrogen-bond donors (Lipinski definition) is 2. The van der Waals surface area contributed by atoms with E-state index in [4.69, 9.17) is 0 Å². The molecule has 100 valence electrons. The first-order chi connectivity index (χ1) is 9.12. The zero-order valence-corrected chi connectivity index (χ0v) is 10.9. The lowest BCUT2D eigenvalue weighted by molar-refractivity contribution is 0.600. The van der Waals surface area contributed by atoms with Gasteiger partial charge in [0.25, 0.3) is 10.0 Å². The normalized spacial score (nSPS) is 11.0. The zero-order chi connectivity index (χ0) is 13.7. The fourth-order valence-corrected chi connectivity index (χ4v) is 2.19. The van der Waals surface area contributed by atoms with Gasteiger partial charge in [-0.15, -0.1) is 0 Å². The summed E-state index contributed by atoms with van der Waals surface area (Å²) in [7, 11) is -3.73. The van der Waals surface area contributed by atoms with E-state index < -0.39 is 10.0 Å². The van der Waals surface area contributed by atoms with Crippen molar-refractivity contribution < 1.29 is 8.42 Å². The van der Waals surface area contributed by atoms with Gasteiger partial charge in [0.05, 0.1) is 30.5 Å². The summed E-state index contributed by atoms with van der Waals surface area (Å²) in [6.45, 7) is 2.55. The van der Waals surface area contributed by atoms with E-state index in [1.54, 1.807) is 0 Å². The summed E-state index contributed by atoms with van der Waals surface area (Å²) in [4.78, 5) is 15.2. The molecule has 2 heterocycles. The number of nitrogens with one attached hydrogen (secondary N) is 2. The fraction of sp³-hybridized carbons (Fsp3) is 0.200. The molecule has 0 amide bonds. The number of nitrogens with zero attached hydrogens (tertiary/aromatic N) is 4. The molecule has 8 nitrogen and oxygen atoms in total. The number of hydrogen-bond acceptors (Lipinski definition) is 7. The highest BCUT2D eigenvalue weighted by Gasteiger charge is 2.15. The monoisotopic (exact) mass is 280 g/mol. The van der Waals surface area contributed by atoms with Crippen LogP contribution in [-0.2, 0) is 10.0 Å². The molecule has 19 heavy (non-hydrogen) atoms. The third-order valence-electron chi connectivity index (χ3n) is 2.09. The highest BCUT2D eigenvalue weighted by Crippen LogP contribution is 2.13. The van der Waals surface area contributed by atoms with E-state index in [2.05, 4.69) is 30.0 Å². The Morgan fingerprint density at radius 2 is 1.74 bits per heavy atom. The Labute approximate surface area is 110 Å². The second-order valence-electron chi connectivity index (χ2n) is 3.51. The van der Waals surface area contributed by atoms with Crippen LogP contribution in [0.1, 0.15) is 6.92 Å². The van der Waals surface area contributed by atoms with E-state index in [1.807, 2.05) is 6.92 Å². The Kier molecular flexibility index (Phi) is 3.85. The molecule has 0 bridgehead atoms. The molecule has 2 aromatic rings. The number of sulfonamides is 1. The molecule has 0 saturated carbocycles. The average Bonchev–Trinajstić information content (AvgIpc) is 2.40. The summed E-state index contributed by atoms with van der Waals surface area (Å²) in [5.74, 6) is 0.379. The topological polar surface area (TPSA) is 110 Å². The summed E-state index contributed by atoms with van der Waals surface area (Å²) >= 11 is 0. The van der Waals surface area contributed by atoms with Gasteiger partial charge in [-0.2, -0.15) is 0 Å². The maximum absolute atomic E-state index is 12.0. The van der Waals surface area contributed by atoms with Gasteiger partial charge in [0.2, 0.25) is 5.95 Å². The molecule has 0 aliphatic carbocycles. The Morgan fingerprint density at radius 3 is 2.32 bits per heavy atom. The van der Waals surface area contributed by atoms with Crippen molar-refractivity contribution in [3.63, 3.8) is 0 Å². The minimum atomic E-state index is -3.73. The van der Waals surface area contributed by atoms with E-state index in [-0.39, 0.29) is 10.6 Å². The molecule has 0 radical (unpaired) electrons. The second-order valence-corrected chi connectivity index (χ2v) is 5.19. The van der Waals surface area contributed by atoms with Gasteiger partial charge in [-0.3, -0.25) is 4.72 Å². The highest BCUT2D eigenvalue weighted by molar-refractivity contribution is 7.92. The van der Waals surface area contributed by atoms with Crippen LogP contribution in [0.25, 0.3) is 0 Å². The minimum Gasteiger partial charge on any atom is -0.355 e. The number of aromatic nitrogens is 4. The van der Waals surface area contributed by atoms with E-state index in [0.29, 0.717) is 12.5 Å². The molecule has 2 aromatic heterocycles. The predicted molar refractivity (Wildman–Crippen MR) is 69.0 cm³/mol. The van der Waals surface area contributed by atoms with Crippen molar-refractivity contribution in [3.8, 4) is 0 Å². The molecule has 0 aliphatic heterocycles. The Morgan fingerprint density at radius 1 is 1.11 bits per heavy atom. The summed E-state index contributed by atoms with van der Waals surface area (Å²) in [6, 6.07) is 0. The predicted octanol–water partition coefficient (Wildman–Crippen LogP) is 0.499. The van der Waals surface area contributed by atoms with Crippen molar-refractivity contribution in [3.05, 3.63) is 31.1 Å². The van der Waals surface area contributed by atoms with Gasteiger partial charge < -0.3 is 5.32 Å². The lowest BCUT2D eigenvalue weighted by Crippen LogP contribution is -2.14. The van der Waals surface area contributed by atoms with Crippen molar-refractivity contribution >= 4 is 21.7 Å². The van der Waals surface area contributed by atoms with Gasteiger partial charge in [-0.25, -0.2) is 28.4 Å². The standard InChI is InChI=1S/C10H12N6O2S/c1-2-13-10-14-5-9(6-15-10)19(17,18)16-8-3-11-7-12-4-8/h3-7,16H,2H2,1H3,(H,13,14,15). The minimum absolute atomic E-state index is 0.0296. The molecule has 0 atom stereocenters. The van der Waals surface area contributed by atoms with Crippen molar-refractivity contribution in [1.82, 2.24) is 19.9 Å². The van der Waals surface area contributed by atoms with Crippen LogP contribution < -0.4 is 10.0 Å². The largest absolute Gasteiger partial charge is 0.355 e. The van der Waals surface area contributed by atoms with Gasteiger partial charge in [0.15, 0.2) is 0 Å². The van der Waals surface area contributed by atoms with E-state index in [9.17, 15) is 8.42 Å². The zero-order valence-electron chi connectivity index (χ0n) is 10.1. The van der Waals surface area contributed by atoms with Crippen LogP contribution in [-0.4, -0.2) is 34.9 Å². The lowest BCUT2D eigenvalue weighted by Gasteiger charge is -2.07. The highest BCUT2D eigenvalue weighted by atomic mass is 32.2. The van der Waals surface area contributed by atoms with Gasteiger partial charge in [-0.05, 0) is 6.92 Å². The first-order valence-corrected chi connectivity index (χ1v) is 6.94.